The predicted octanol–water partition coefficient (Wildman–Crippen LogP) is 1.11. The van der Waals surface area contributed by atoms with E-state index in [0.717, 1.165) is 6.42 Å². The molecule has 0 radical (unpaired) electrons. The largest absolute Gasteiger partial charge is 0.450 e. The van der Waals surface area contributed by atoms with E-state index in [4.69, 9.17) is 10.5 Å². The molecule has 0 aliphatic heterocycles. The molecule has 0 aromatic heterocycles. The Morgan fingerprint density at radius 3 is 2.54 bits per heavy atom. The standard InChI is InChI=1S/C9H20N2O2/c1-4-7(3)8(6-10)11-9(12)13-5-2/h7-8H,4-6,10H2,1-3H3,(H,11,12). The van der Waals surface area contributed by atoms with Gasteiger partial charge in [0.25, 0.3) is 0 Å². The maximum Gasteiger partial charge on any atom is 0.407 e. The molecule has 0 saturated heterocycles. The van der Waals surface area contributed by atoms with Crippen molar-refractivity contribution >= 4 is 6.09 Å². The number of ether oxygens (including phenoxy) is 1. The van der Waals surface area contributed by atoms with Gasteiger partial charge < -0.3 is 15.8 Å². The Kier molecular flexibility index (Phi) is 6.32. The van der Waals surface area contributed by atoms with Crippen molar-refractivity contribution in [2.75, 3.05) is 13.2 Å². The number of hydrogen-bond acceptors (Lipinski definition) is 3. The average molecular weight is 188 g/mol. The Morgan fingerprint density at radius 2 is 2.15 bits per heavy atom. The van der Waals surface area contributed by atoms with Crippen LogP contribution >= 0.6 is 0 Å². The summed E-state index contributed by atoms with van der Waals surface area (Å²) in [6.45, 7) is 6.75. The quantitative estimate of drug-likeness (QED) is 0.679. The van der Waals surface area contributed by atoms with Crippen LogP contribution in [-0.4, -0.2) is 25.3 Å². The minimum Gasteiger partial charge on any atom is -0.450 e. The van der Waals surface area contributed by atoms with E-state index in [0.29, 0.717) is 19.1 Å². The first-order chi connectivity index (χ1) is 6.15. The third-order valence-electron chi connectivity index (χ3n) is 2.16. The number of hydrogen-bond donors (Lipinski definition) is 2. The van der Waals surface area contributed by atoms with Crippen molar-refractivity contribution in [2.24, 2.45) is 11.7 Å². The molecule has 0 saturated carbocycles. The molecule has 0 spiro atoms. The van der Waals surface area contributed by atoms with Crippen molar-refractivity contribution in [1.82, 2.24) is 5.32 Å². The van der Waals surface area contributed by atoms with Crippen LogP contribution in [0.2, 0.25) is 0 Å². The zero-order chi connectivity index (χ0) is 10.3. The summed E-state index contributed by atoms with van der Waals surface area (Å²) in [5, 5.41) is 2.73. The fourth-order valence-corrected chi connectivity index (χ4v) is 1.04. The normalized spacial score (nSPS) is 14.8. The summed E-state index contributed by atoms with van der Waals surface area (Å²) in [5.74, 6) is 0.384. The lowest BCUT2D eigenvalue weighted by Gasteiger charge is -2.21. The maximum atomic E-state index is 11.0. The second-order valence-corrected chi connectivity index (χ2v) is 3.09. The lowest BCUT2D eigenvalue weighted by Crippen LogP contribution is -2.44. The first-order valence-corrected chi connectivity index (χ1v) is 4.79. The number of alkyl carbamates (subject to hydrolysis) is 1. The predicted molar refractivity (Wildman–Crippen MR) is 52.5 cm³/mol. The van der Waals surface area contributed by atoms with E-state index in [9.17, 15) is 4.79 Å². The van der Waals surface area contributed by atoms with Crippen LogP contribution in [0.25, 0.3) is 0 Å². The van der Waals surface area contributed by atoms with Crippen molar-refractivity contribution in [1.29, 1.82) is 0 Å². The molecular weight excluding hydrogens is 168 g/mol. The number of amides is 1. The molecule has 4 heteroatoms. The van der Waals surface area contributed by atoms with Gasteiger partial charge in [0.05, 0.1) is 6.61 Å². The van der Waals surface area contributed by atoms with E-state index in [-0.39, 0.29) is 12.1 Å². The Balaban J connectivity index is 3.89. The van der Waals surface area contributed by atoms with Gasteiger partial charge in [-0.05, 0) is 12.8 Å². The molecule has 13 heavy (non-hydrogen) atoms. The van der Waals surface area contributed by atoms with Gasteiger partial charge >= 0.3 is 6.09 Å². The molecule has 0 rings (SSSR count). The molecule has 2 unspecified atom stereocenters. The van der Waals surface area contributed by atoms with Crippen LogP contribution in [0.5, 0.6) is 0 Å². The highest BCUT2D eigenvalue weighted by Crippen LogP contribution is 2.06. The topological polar surface area (TPSA) is 64.3 Å². The van der Waals surface area contributed by atoms with Crippen LogP contribution in [0.4, 0.5) is 4.79 Å². The molecule has 3 N–H and O–H groups in total. The summed E-state index contributed by atoms with van der Waals surface area (Å²) >= 11 is 0. The van der Waals surface area contributed by atoms with Gasteiger partial charge in [-0.25, -0.2) is 4.79 Å². The van der Waals surface area contributed by atoms with E-state index < -0.39 is 0 Å². The Bertz CT molecular complexity index is 151. The summed E-state index contributed by atoms with van der Waals surface area (Å²) in [5.41, 5.74) is 5.52. The number of nitrogens with two attached hydrogens (primary N) is 1. The summed E-state index contributed by atoms with van der Waals surface area (Å²) in [4.78, 5) is 11.0. The van der Waals surface area contributed by atoms with Gasteiger partial charge in [0.2, 0.25) is 0 Å². The van der Waals surface area contributed by atoms with Gasteiger partial charge in [-0.15, -0.1) is 0 Å². The third-order valence-corrected chi connectivity index (χ3v) is 2.16. The molecule has 1 amide bonds. The fraction of sp³-hybridized carbons (Fsp3) is 0.889. The SMILES string of the molecule is CCOC(=O)NC(CN)C(C)CC. The Labute approximate surface area is 79.8 Å². The first-order valence-electron chi connectivity index (χ1n) is 4.79. The maximum absolute atomic E-state index is 11.0. The first kappa shape index (κ1) is 12.2. The molecule has 2 atom stereocenters. The number of carbonyl (C=O) groups is 1. The van der Waals surface area contributed by atoms with Crippen LogP contribution in [0, 0.1) is 5.92 Å². The summed E-state index contributed by atoms with van der Waals surface area (Å²) in [6, 6.07) is 0.0176. The second kappa shape index (κ2) is 6.71. The lowest BCUT2D eigenvalue weighted by molar-refractivity contribution is 0.144. The van der Waals surface area contributed by atoms with E-state index in [1.807, 2.05) is 0 Å². The molecule has 0 aliphatic carbocycles. The molecule has 4 nitrogen and oxygen atoms in total. The van der Waals surface area contributed by atoms with Crippen molar-refractivity contribution in [3.63, 3.8) is 0 Å². The van der Waals surface area contributed by atoms with Gasteiger partial charge in [0.1, 0.15) is 0 Å². The zero-order valence-corrected chi connectivity index (χ0v) is 8.67. The van der Waals surface area contributed by atoms with Crippen LogP contribution in [0.1, 0.15) is 27.2 Å². The highest BCUT2D eigenvalue weighted by Gasteiger charge is 2.16. The minimum absolute atomic E-state index is 0.0176. The van der Waals surface area contributed by atoms with Crippen LogP contribution in [-0.2, 0) is 4.74 Å². The van der Waals surface area contributed by atoms with Crippen molar-refractivity contribution < 1.29 is 9.53 Å². The molecule has 0 bridgehead atoms. The molecule has 0 aromatic rings. The highest BCUT2D eigenvalue weighted by atomic mass is 16.5. The van der Waals surface area contributed by atoms with Gasteiger partial charge in [-0.2, -0.15) is 0 Å². The van der Waals surface area contributed by atoms with Crippen LogP contribution in [0.15, 0.2) is 0 Å². The van der Waals surface area contributed by atoms with Crippen molar-refractivity contribution in [3.8, 4) is 0 Å². The third kappa shape index (κ3) is 4.72. The number of carbonyl (C=O) groups excluding carboxylic acids is 1. The molecule has 0 heterocycles. The van der Waals surface area contributed by atoms with Crippen LogP contribution in [0.3, 0.4) is 0 Å². The van der Waals surface area contributed by atoms with Crippen molar-refractivity contribution in [3.05, 3.63) is 0 Å². The molecule has 78 valence electrons. The highest BCUT2D eigenvalue weighted by molar-refractivity contribution is 5.67. The number of rotatable bonds is 5. The average Bonchev–Trinajstić information content (AvgIpc) is 2.13. The fourth-order valence-electron chi connectivity index (χ4n) is 1.04. The summed E-state index contributed by atoms with van der Waals surface area (Å²) in [6.07, 6.45) is 0.618. The molecule has 0 fully saturated rings. The number of nitrogens with one attached hydrogen (secondary N) is 1. The molecule has 0 aliphatic rings. The Morgan fingerprint density at radius 1 is 1.54 bits per heavy atom. The summed E-state index contributed by atoms with van der Waals surface area (Å²) < 4.78 is 4.76. The van der Waals surface area contributed by atoms with E-state index in [2.05, 4.69) is 19.2 Å². The van der Waals surface area contributed by atoms with Crippen LogP contribution < -0.4 is 11.1 Å². The Hall–Kier alpha value is -0.770. The van der Waals surface area contributed by atoms with Crippen molar-refractivity contribution in [2.45, 2.75) is 33.2 Å². The van der Waals surface area contributed by atoms with Gasteiger partial charge in [0, 0.05) is 12.6 Å². The van der Waals surface area contributed by atoms with Gasteiger partial charge in [0.15, 0.2) is 0 Å². The van der Waals surface area contributed by atoms with Gasteiger partial charge in [-0.1, -0.05) is 20.3 Å². The van der Waals surface area contributed by atoms with Gasteiger partial charge in [-0.3, -0.25) is 0 Å². The van der Waals surface area contributed by atoms with E-state index in [1.165, 1.54) is 0 Å². The molecular formula is C9H20N2O2. The lowest BCUT2D eigenvalue weighted by atomic mass is 10.00. The molecule has 0 aromatic carbocycles. The smallest absolute Gasteiger partial charge is 0.407 e. The monoisotopic (exact) mass is 188 g/mol. The minimum atomic E-state index is -0.377. The zero-order valence-electron chi connectivity index (χ0n) is 8.67. The van der Waals surface area contributed by atoms with E-state index in [1.54, 1.807) is 6.92 Å². The summed E-state index contributed by atoms with van der Waals surface area (Å²) in [7, 11) is 0. The second-order valence-electron chi connectivity index (χ2n) is 3.09. The van der Waals surface area contributed by atoms with E-state index >= 15 is 0 Å².